The van der Waals surface area contributed by atoms with Crippen molar-refractivity contribution in [1.82, 2.24) is 0 Å². The maximum atomic E-state index is 11.8. The Hall–Kier alpha value is -0.210. The summed E-state index contributed by atoms with van der Waals surface area (Å²) in [6.45, 7) is 0. The largest absolute Gasteiger partial charge is 0.289 e. The average Bonchev–Trinajstić information content (AvgIpc) is 2.53. The van der Waals surface area contributed by atoms with Crippen LogP contribution in [-0.4, -0.2) is 5.78 Å². The molecule has 0 unspecified atom stereocenters. The minimum absolute atomic E-state index is 0.0170. The molecule has 0 amide bonds. The summed E-state index contributed by atoms with van der Waals surface area (Å²) >= 11 is 21.8. The second-order valence-corrected chi connectivity index (χ2v) is 5.14. The first kappa shape index (κ1) is 13.9. The molecule has 1 nitrogen and oxygen atoms in total. The monoisotopic (exact) mass is 296 g/mol. The topological polar surface area (TPSA) is 17.1 Å². The van der Waals surface area contributed by atoms with E-state index in [4.69, 9.17) is 46.4 Å². The zero-order valence-electron chi connectivity index (χ0n) is 8.14. The molecule has 1 aliphatic carbocycles. The first-order valence-corrected chi connectivity index (χ1v) is 6.00. The molecule has 0 N–H and O–H groups in total. The standard InChI is InChI=1S/C11H8Cl4O/c12-9(13)5-3-7-1-2-8(11(7)16)4-6-10(14)15/h3-6H,1-2H2. The molecular weight excluding hydrogens is 290 g/mol. The Labute approximate surface area is 114 Å². The van der Waals surface area contributed by atoms with E-state index in [0.29, 0.717) is 24.0 Å². The number of allylic oxidation sites excluding steroid dienone is 6. The molecule has 0 aromatic carbocycles. The highest BCUT2D eigenvalue weighted by molar-refractivity contribution is 6.56. The Morgan fingerprint density at radius 2 is 1.25 bits per heavy atom. The van der Waals surface area contributed by atoms with Gasteiger partial charge in [-0.05, 0) is 25.0 Å². The number of Topliss-reactive ketones (excluding diaryl/α,β-unsaturated/α-hetero) is 1. The molecule has 0 heterocycles. The zero-order chi connectivity index (χ0) is 12.1. The van der Waals surface area contributed by atoms with Crippen molar-refractivity contribution in [2.45, 2.75) is 12.8 Å². The lowest BCUT2D eigenvalue weighted by Crippen LogP contribution is -1.94. The number of carbonyl (C=O) groups is 1. The molecule has 0 radical (unpaired) electrons. The van der Waals surface area contributed by atoms with Gasteiger partial charge in [0.25, 0.3) is 0 Å². The quantitative estimate of drug-likeness (QED) is 0.667. The van der Waals surface area contributed by atoms with Gasteiger partial charge in [-0.25, -0.2) is 0 Å². The van der Waals surface area contributed by atoms with Crippen LogP contribution < -0.4 is 0 Å². The van der Waals surface area contributed by atoms with Crippen LogP contribution in [0.1, 0.15) is 12.8 Å². The van der Waals surface area contributed by atoms with Crippen molar-refractivity contribution in [3.63, 3.8) is 0 Å². The van der Waals surface area contributed by atoms with Crippen molar-refractivity contribution < 1.29 is 4.79 Å². The predicted octanol–water partition coefficient (Wildman–Crippen LogP) is 4.84. The highest BCUT2D eigenvalue weighted by atomic mass is 35.5. The van der Waals surface area contributed by atoms with Crippen molar-refractivity contribution in [3.8, 4) is 0 Å². The molecule has 0 aromatic rings. The molecule has 1 aliphatic rings. The number of carbonyl (C=O) groups excluding carboxylic acids is 1. The van der Waals surface area contributed by atoms with E-state index in [2.05, 4.69) is 0 Å². The van der Waals surface area contributed by atoms with Crippen LogP contribution in [0.3, 0.4) is 0 Å². The SMILES string of the molecule is O=C1C(=CC=C(Cl)Cl)CCC1=CC=C(Cl)Cl. The summed E-state index contributed by atoms with van der Waals surface area (Å²) in [4.78, 5) is 11.8. The summed E-state index contributed by atoms with van der Waals surface area (Å²) in [5, 5.41) is 0. The fraction of sp³-hybridized carbons (Fsp3) is 0.182. The zero-order valence-corrected chi connectivity index (χ0v) is 11.2. The maximum absolute atomic E-state index is 11.8. The summed E-state index contributed by atoms with van der Waals surface area (Å²) in [5.74, 6) is -0.0170. The van der Waals surface area contributed by atoms with Crippen LogP contribution in [0.4, 0.5) is 0 Å². The van der Waals surface area contributed by atoms with Gasteiger partial charge in [0.05, 0.1) is 0 Å². The molecule has 0 aromatic heterocycles. The fourth-order valence-electron chi connectivity index (χ4n) is 1.35. The van der Waals surface area contributed by atoms with Crippen LogP contribution in [0.25, 0.3) is 0 Å². The van der Waals surface area contributed by atoms with Gasteiger partial charge in [-0.1, -0.05) is 58.6 Å². The van der Waals surface area contributed by atoms with Crippen LogP contribution in [0.5, 0.6) is 0 Å². The first-order valence-electron chi connectivity index (χ1n) is 4.49. The summed E-state index contributed by atoms with van der Waals surface area (Å²) in [6, 6.07) is 0. The van der Waals surface area contributed by atoms with Crippen molar-refractivity contribution in [1.29, 1.82) is 0 Å². The van der Waals surface area contributed by atoms with Gasteiger partial charge < -0.3 is 0 Å². The first-order chi connectivity index (χ1) is 7.50. The van der Waals surface area contributed by atoms with E-state index in [1.807, 2.05) is 0 Å². The highest BCUT2D eigenvalue weighted by Crippen LogP contribution is 2.27. The predicted molar refractivity (Wildman–Crippen MR) is 70.0 cm³/mol. The van der Waals surface area contributed by atoms with Crippen molar-refractivity contribution in [2.75, 3.05) is 0 Å². The van der Waals surface area contributed by atoms with E-state index in [-0.39, 0.29) is 14.8 Å². The van der Waals surface area contributed by atoms with Crippen LogP contribution in [-0.2, 0) is 4.79 Å². The van der Waals surface area contributed by atoms with Crippen LogP contribution in [0, 0.1) is 0 Å². The Kier molecular flexibility index (Phi) is 5.63. The van der Waals surface area contributed by atoms with E-state index < -0.39 is 0 Å². The molecule has 0 saturated heterocycles. The van der Waals surface area contributed by atoms with Crippen LogP contribution >= 0.6 is 46.4 Å². The Morgan fingerprint density at radius 1 is 0.875 bits per heavy atom. The van der Waals surface area contributed by atoms with Gasteiger partial charge in [0.15, 0.2) is 5.78 Å². The number of ketones is 1. The maximum Gasteiger partial charge on any atom is 0.185 e. The van der Waals surface area contributed by atoms with Gasteiger partial charge in [0.1, 0.15) is 8.98 Å². The second-order valence-electron chi connectivity index (χ2n) is 3.13. The average molecular weight is 298 g/mol. The minimum atomic E-state index is -0.0170. The van der Waals surface area contributed by atoms with Crippen LogP contribution in [0.15, 0.2) is 44.4 Å². The summed E-state index contributed by atoms with van der Waals surface area (Å²) < 4.78 is 0.253. The molecular formula is C11H8Cl4O. The smallest absolute Gasteiger partial charge is 0.185 e. The molecule has 5 heteroatoms. The molecule has 0 spiro atoms. The fourth-order valence-corrected chi connectivity index (χ4v) is 1.60. The summed E-state index contributed by atoms with van der Waals surface area (Å²) in [5.41, 5.74) is 1.37. The van der Waals surface area contributed by atoms with Crippen molar-refractivity contribution in [2.24, 2.45) is 0 Å². The number of halogens is 4. The Bertz CT molecular complexity index is 370. The third-order valence-corrected chi connectivity index (χ3v) is 2.57. The van der Waals surface area contributed by atoms with Gasteiger partial charge in [0.2, 0.25) is 0 Å². The summed E-state index contributed by atoms with van der Waals surface area (Å²) in [6.07, 6.45) is 7.59. The van der Waals surface area contributed by atoms with Gasteiger partial charge in [-0.2, -0.15) is 0 Å². The van der Waals surface area contributed by atoms with E-state index in [0.717, 1.165) is 0 Å². The van der Waals surface area contributed by atoms with Gasteiger partial charge in [0, 0.05) is 11.1 Å². The molecule has 16 heavy (non-hydrogen) atoms. The van der Waals surface area contributed by atoms with Gasteiger partial charge >= 0.3 is 0 Å². The number of hydrogen-bond donors (Lipinski definition) is 0. The van der Waals surface area contributed by atoms with E-state index in [9.17, 15) is 4.79 Å². The van der Waals surface area contributed by atoms with E-state index in [1.54, 1.807) is 12.2 Å². The van der Waals surface area contributed by atoms with Crippen LogP contribution in [0.2, 0.25) is 0 Å². The molecule has 0 bridgehead atoms. The van der Waals surface area contributed by atoms with Gasteiger partial charge in [-0.3, -0.25) is 4.79 Å². The third kappa shape index (κ3) is 4.34. The second kappa shape index (κ2) is 6.51. The molecule has 0 atom stereocenters. The molecule has 0 aliphatic heterocycles. The summed E-state index contributed by atoms with van der Waals surface area (Å²) in [7, 11) is 0. The van der Waals surface area contributed by atoms with E-state index >= 15 is 0 Å². The Balaban J connectivity index is 2.83. The molecule has 1 saturated carbocycles. The molecule has 86 valence electrons. The van der Waals surface area contributed by atoms with Gasteiger partial charge in [-0.15, -0.1) is 0 Å². The third-order valence-electron chi connectivity index (χ3n) is 2.07. The molecule has 1 rings (SSSR count). The highest BCUT2D eigenvalue weighted by Gasteiger charge is 2.21. The normalized spacial score (nSPS) is 20.4. The minimum Gasteiger partial charge on any atom is -0.289 e. The van der Waals surface area contributed by atoms with Crippen molar-refractivity contribution >= 4 is 52.2 Å². The Morgan fingerprint density at radius 3 is 1.56 bits per heavy atom. The number of rotatable bonds is 2. The number of hydrogen-bond acceptors (Lipinski definition) is 1. The van der Waals surface area contributed by atoms with E-state index in [1.165, 1.54) is 12.2 Å². The van der Waals surface area contributed by atoms with Crippen molar-refractivity contribution in [3.05, 3.63) is 44.4 Å². The lowest BCUT2D eigenvalue weighted by atomic mass is 10.1. The molecule has 1 fully saturated rings. The lowest BCUT2D eigenvalue weighted by Gasteiger charge is -1.91. The lowest BCUT2D eigenvalue weighted by molar-refractivity contribution is -0.111.